The Labute approximate surface area is 178 Å². The van der Waals surface area contributed by atoms with E-state index in [1.54, 1.807) is 17.0 Å². The van der Waals surface area contributed by atoms with Crippen molar-refractivity contribution >= 4 is 30.0 Å². The monoisotopic (exact) mass is 426 g/mol. The summed E-state index contributed by atoms with van der Waals surface area (Å²) in [5.41, 5.74) is 0.171. The third-order valence-electron chi connectivity index (χ3n) is 5.90. The molecular formula is C21H32ClFN4O2. The van der Waals surface area contributed by atoms with E-state index in [2.05, 4.69) is 10.6 Å². The summed E-state index contributed by atoms with van der Waals surface area (Å²) in [5.74, 6) is 0.233. The fraction of sp³-hybridized carbons (Fsp3) is 0.619. The second-order valence-electron chi connectivity index (χ2n) is 7.86. The number of anilines is 1. The summed E-state index contributed by atoms with van der Waals surface area (Å²) >= 11 is 0. The Morgan fingerprint density at radius 2 is 1.83 bits per heavy atom. The molecule has 0 saturated carbocycles. The van der Waals surface area contributed by atoms with Gasteiger partial charge in [-0.3, -0.25) is 4.79 Å². The second kappa shape index (κ2) is 11.4. The molecular weight excluding hydrogens is 395 g/mol. The van der Waals surface area contributed by atoms with E-state index in [9.17, 15) is 14.0 Å². The molecule has 0 radical (unpaired) electrons. The highest BCUT2D eigenvalue weighted by Crippen LogP contribution is 2.25. The summed E-state index contributed by atoms with van der Waals surface area (Å²) in [4.78, 5) is 29.1. The molecule has 2 aliphatic rings. The summed E-state index contributed by atoms with van der Waals surface area (Å²) in [5, 5.41) is 5.81. The maximum Gasteiger partial charge on any atom is 0.321 e. The molecule has 1 aromatic rings. The smallest absolute Gasteiger partial charge is 0.321 e. The van der Waals surface area contributed by atoms with Crippen LogP contribution in [0.1, 0.15) is 32.1 Å². The number of likely N-dealkylation sites (tertiary alicyclic amines) is 2. The van der Waals surface area contributed by atoms with Crippen LogP contribution in [0.5, 0.6) is 0 Å². The van der Waals surface area contributed by atoms with Crippen LogP contribution in [-0.4, -0.2) is 61.5 Å². The molecule has 1 atom stereocenters. The molecule has 2 fully saturated rings. The zero-order valence-electron chi connectivity index (χ0n) is 17.0. The van der Waals surface area contributed by atoms with E-state index in [-0.39, 0.29) is 36.0 Å². The SMILES string of the molecule is CNCCC1CCN(C(=O)C2CCCN(C(=O)Nc3ccccc3F)C2)CC1.Cl. The van der Waals surface area contributed by atoms with Gasteiger partial charge in [0.15, 0.2) is 0 Å². The van der Waals surface area contributed by atoms with Crippen LogP contribution in [0.15, 0.2) is 24.3 Å². The van der Waals surface area contributed by atoms with Crippen LogP contribution in [-0.2, 0) is 4.79 Å². The summed E-state index contributed by atoms with van der Waals surface area (Å²) in [7, 11) is 1.97. The molecule has 3 amide bonds. The molecule has 0 aromatic heterocycles. The number of hydrogen-bond donors (Lipinski definition) is 2. The van der Waals surface area contributed by atoms with Gasteiger partial charge >= 0.3 is 6.03 Å². The van der Waals surface area contributed by atoms with Gasteiger partial charge in [-0.05, 0) is 63.7 Å². The van der Waals surface area contributed by atoms with Crippen LogP contribution in [0.3, 0.4) is 0 Å². The van der Waals surface area contributed by atoms with Crippen LogP contribution in [0.2, 0.25) is 0 Å². The van der Waals surface area contributed by atoms with Crippen LogP contribution in [0, 0.1) is 17.7 Å². The first-order chi connectivity index (χ1) is 13.6. The molecule has 0 aliphatic carbocycles. The number of benzene rings is 1. The Hall–Kier alpha value is -1.86. The van der Waals surface area contributed by atoms with E-state index in [0.717, 1.165) is 51.7 Å². The number of hydrogen-bond acceptors (Lipinski definition) is 3. The Morgan fingerprint density at radius 1 is 1.10 bits per heavy atom. The van der Waals surface area contributed by atoms with Crippen LogP contribution in [0.4, 0.5) is 14.9 Å². The van der Waals surface area contributed by atoms with Crippen molar-refractivity contribution in [2.75, 3.05) is 45.1 Å². The van der Waals surface area contributed by atoms with E-state index in [1.165, 1.54) is 12.1 Å². The zero-order chi connectivity index (χ0) is 19.9. The number of nitrogens with one attached hydrogen (secondary N) is 2. The molecule has 2 saturated heterocycles. The van der Waals surface area contributed by atoms with E-state index in [0.29, 0.717) is 19.0 Å². The number of para-hydroxylation sites is 1. The average molecular weight is 427 g/mol. The minimum atomic E-state index is -0.457. The number of halogens is 2. The van der Waals surface area contributed by atoms with Crippen molar-refractivity contribution < 1.29 is 14.0 Å². The van der Waals surface area contributed by atoms with Crippen molar-refractivity contribution in [3.63, 3.8) is 0 Å². The first kappa shape index (κ1) is 23.4. The predicted octanol–water partition coefficient (Wildman–Crippen LogP) is 3.34. The molecule has 2 N–H and O–H groups in total. The van der Waals surface area contributed by atoms with Crippen molar-refractivity contribution in [3.05, 3.63) is 30.1 Å². The third kappa shape index (κ3) is 6.31. The molecule has 0 spiro atoms. The van der Waals surface area contributed by atoms with Gasteiger partial charge in [-0.1, -0.05) is 12.1 Å². The number of piperidine rings is 2. The summed E-state index contributed by atoms with van der Waals surface area (Å²) < 4.78 is 13.8. The van der Waals surface area contributed by atoms with Gasteiger partial charge in [-0.2, -0.15) is 0 Å². The minimum absolute atomic E-state index is 0. The average Bonchev–Trinajstić information content (AvgIpc) is 2.74. The maximum atomic E-state index is 13.8. The molecule has 162 valence electrons. The number of urea groups is 1. The number of carbonyl (C=O) groups excluding carboxylic acids is 2. The molecule has 1 aromatic carbocycles. The van der Waals surface area contributed by atoms with E-state index >= 15 is 0 Å². The Kier molecular flexibility index (Phi) is 9.17. The van der Waals surface area contributed by atoms with Gasteiger partial charge in [0.1, 0.15) is 5.82 Å². The highest BCUT2D eigenvalue weighted by molar-refractivity contribution is 5.90. The molecule has 2 aliphatic heterocycles. The number of nitrogens with zero attached hydrogens (tertiary/aromatic N) is 2. The summed E-state index contributed by atoms with van der Waals surface area (Å²) in [6.45, 7) is 3.64. The lowest BCUT2D eigenvalue weighted by Gasteiger charge is -2.38. The number of amides is 3. The summed E-state index contributed by atoms with van der Waals surface area (Å²) in [6.07, 6.45) is 4.86. The second-order valence-corrected chi connectivity index (χ2v) is 7.86. The minimum Gasteiger partial charge on any atom is -0.342 e. The van der Waals surface area contributed by atoms with Gasteiger partial charge in [0.25, 0.3) is 0 Å². The first-order valence-electron chi connectivity index (χ1n) is 10.3. The van der Waals surface area contributed by atoms with Crippen LogP contribution < -0.4 is 10.6 Å². The van der Waals surface area contributed by atoms with Crippen molar-refractivity contribution in [3.8, 4) is 0 Å². The van der Waals surface area contributed by atoms with Crippen LogP contribution >= 0.6 is 12.4 Å². The van der Waals surface area contributed by atoms with Gasteiger partial charge in [0.05, 0.1) is 11.6 Å². The van der Waals surface area contributed by atoms with Crippen molar-refractivity contribution in [1.29, 1.82) is 0 Å². The standard InChI is InChI=1S/C21H31FN4O2.ClH/c1-23-11-8-16-9-13-25(14-10-16)20(27)17-5-4-12-26(15-17)21(28)24-19-7-3-2-6-18(19)22;/h2-3,6-7,16-17,23H,4-5,8-15H2,1H3,(H,24,28);1H. The van der Waals surface area contributed by atoms with Crippen molar-refractivity contribution in [2.45, 2.75) is 32.1 Å². The van der Waals surface area contributed by atoms with E-state index in [4.69, 9.17) is 0 Å². The quantitative estimate of drug-likeness (QED) is 0.758. The lowest BCUT2D eigenvalue weighted by atomic mass is 9.91. The highest BCUT2D eigenvalue weighted by Gasteiger charge is 2.33. The van der Waals surface area contributed by atoms with E-state index < -0.39 is 5.82 Å². The maximum absolute atomic E-state index is 13.8. The molecule has 8 heteroatoms. The van der Waals surface area contributed by atoms with Gasteiger partial charge in [-0.15, -0.1) is 12.4 Å². The molecule has 1 unspecified atom stereocenters. The fourth-order valence-corrected chi connectivity index (χ4v) is 4.17. The molecule has 2 heterocycles. The normalized spacial score (nSPS) is 20.1. The van der Waals surface area contributed by atoms with Gasteiger partial charge in [0, 0.05) is 26.2 Å². The van der Waals surface area contributed by atoms with Crippen molar-refractivity contribution in [2.24, 2.45) is 11.8 Å². The van der Waals surface area contributed by atoms with Gasteiger partial charge in [0.2, 0.25) is 5.91 Å². The number of rotatable bonds is 5. The lowest BCUT2D eigenvalue weighted by molar-refractivity contribution is -0.138. The molecule has 6 nitrogen and oxygen atoms in total. The fourth-order valence-electron chi connectivity index (χ4n) is 4.17. The van der Waals surface area contributed by atoms with Crippen LogP contribution in [0.25, 0.3) is 0 Å². The zero-order valence-corrected chi connectivity index (χ0v) is 17.8. The molecule has 3 rings (SSSR count). The van der Waals surface area contributed by atoms with E-state index in [1.807, 2.05) is 11.9 Å². The Morgan fingerprint density at radius 3 is 2.52 bits per heavy atom. The summed E-state index contributed by atoms with van der Waals surface area (Å²) in [6, 6.07) is 5.79. The first-order valence-corrected chi connectivity index (χ1v) is 10.3. The third-order valence-corrected chi connectivity index (χ3v) is 5.90. The molecule has 29 heavy (non-hydrogen) atoms. The predicted molar refractivity (Wildman–Crippen MR) is 115 cm³/mol. The van der Waals surface area contributed by atoms with Crippen molar-refractivity contribution in [1.82, 2.24) is 15.1 Å². The topological polar surface area (TPSA) is 64.7 Å². The highest BCUT2D eigenvalue weighted by atomic mass is 35.5. The van der Waals surface area contributed by atoms with Gasteiger partial charge < -0.3 is 20.4 Å². The lowest BCUT2D eigenvalue weighted by Crippen LogP contribution is -2.49. The van der Waals surface area contributed by atoms with Gasteiger partial charge in [-0.25, -0.2) is 9.18 Å². The number of carbonyl (C=O) groups is 2. The molecule has 0 bridgehead atoms. The Balaban J connectivity index is 0.00000300. The Bertz CT molecular complexity index is 682. The largest absolute Gasteiger partial charge is 0.342 e.